The van der Waals surface area contributed by atoms with E-state index in [2.05, 4.69) is 174 Å². The van der Waals surface area contributed by atoms with Crippen LogP contribution >= 0.6 is 15.6 Å². The molecule has 0 aliphatic rings. The molecule has 0 heterocycles. The second kappa shape index (κ2) is 80.0. The van der Waals surface area contributed by atoms with Crippen LogP contribution in [-0.2, 0) is 65.4 Å². The smallest absolute Gasteiger partial charge is 0.462 e. The molecule has 0 aromatic carbocycles. The number of aliphatic hydroxyl groups excluding tert-OH is 1. The molecule has 0 aliphatic heterocycles. The summed E-state index contributed by atoms with van der Waals surface area (Å²) in [5.41, 5.74) is 0. The number of allylic oxidation sites excluding steroid dienone is 24. The monoisotopic (exact) mass is 1550 g/mol. The summed E-state index contributed by atoms with van der Waals surface area (Å²) < 4.78 is 68.7. The third-order valence-corrected chi connectivity index (χ3v) is 19.2. The van der Waals surface area contributed by atoms with E-state index in [-0.39, 0.29) is 25.7 Å². The van der Waals surface area contributed by atoms with E-state index in [0.717, 1.165) is 193 Å². The van der Waals surface area contributed by atoms with Crippen LogP contribution in [0.2, 0.25) is 0 Å². The topological polar surface area (TPSA) is 237 Å². The number of unbranched alkanes of at least 4 members (excludes halogenated alkanes) is 28. The van der Waals surface area contributed by atoms with Crippen LogP contribution in [-0.4, -0.2) is 96.7 Å². The number of carbonyl (C=O) groups is 4. The molecule has 0 spiro atoms. The van der Waals surface area contributed by atoms with Crippen molar-refractivity contribution < 1.29 is 80.2 Å². The molecule has 0 amide bonds. The highest BCUT2D eigenvalue weighted by molar-refractivity contribution is 7.47. The highest BCUT2D eigenvalue weighted by Gasteiger charge is 2.30. The zero-order valence-corrected chi connectivity index (χ0v) is 69.5. The van der Waals surface area contributed by atoms with E-state index in [1.165, 1.54) is 57.8 Å². The van der Waals surface area contributed by atoms with E-state index in [1.54, 1.807) is 0 Å². The van der Waals surface area contributed by atoms with Crippen molar-refractivity contribution in [1.29, 1.82) is 0 Å². The minimum Gasteiger partial charge on any atom is -0.462 e. The molecule has 5 atom stereocenters. The van der Waals surface area contributed by atoms with Gasteiger partial charge in [-0.05, 0) is 167 Å². The Morgan fingerprint density at radius 2 is 0.481 bits per heavy atom. The van der Waals surface area contributed by atoms with Gasteiger partial charge in [0.2, 0.25) is 0 Å². The van der Waals surface area contributed by atoms with Crippen LogP contribution in [0.1, 0.15) is 336 Å². The molecular formula is C89H150O17P2. The molecule has 108 heavy (non-hydrogen) atoms. The van der Waals surface area contributed by atoms with Crippen molar-refractivity contribution in [2.75, 3.05) is 39.6 Å². The lowest BCUT2D eigenvalue weighted by Gasteiger charge is -2.21. The molecule has 0 aliphatic carbocycles. The summed E-state index contributed by atoms with van der Waals surface area (Å²) in [6.45, 7) is 4.55. The average molecular weight is 1550 g/mol. The van der Waals surface area contributed by atoms with E-state index in [9.17, 15) is 43.2 Å². The molecule has 0 saturated carbocycles. The number of hydrogen-bond donors (Lipinski definition) is 3. The Labute approximate surface area is 656 Å². The molecule has 0 rings (SSSR count). The predicted molar refractivity (Wildman–Crippen MR) is 445 cm³/mol. The van der Waals surface area contributed by atoms with Gasteiger partial charge in [-0.3, -0.25) is 37.3 Å². The Hall–Kier alpha value is -5.06. The standard InChI is InChI=1S/C89H150O17P2/c1-5-9-13-17-21-25-29-33-37-39-41-43-47-49-53-57-61-65-69-73-86(91)99-79-84(105-88(93)75-71-67-63-59-55-51-45-35-31-27-23-19-15-11-7-3)81-103-107(95,96)101-77-83(90)78-102-108(97,98)104-82-85(106-89(94)76-72-68-64-60-56-52-46-36-32-28-24-20-16-12-8-4)80-100-87(92)74-70-66-62-58-54-50-48-44-42-40-38-34-30-26-22-18-14-10-6-2/h9,11,13,15,21-23,25-27,33-38,41-46,55,59,83-85,90H,5-8,10,12,14,16-20,24,28-32,39-40,47-54,56-58,60-82H2,1-4H3,(H,95,96)(H,97,98)/b13-9-,15-11-,25-21-,26-22-,27-23-,37-33-,38-34-,43-41-,44-42-,45-35-,46-36-,59-55-. The maximum atomic E-state index is 13.1. The molecule has 5 unspecified atom stereocenters. The number of hydrogen-bond acceptors (Lipinski definition) is 15. The highest BCUT2D eigenvalue weighted by Crippen LogP contribution is 2.45. The molecular weight excluding hydrogens is 1400 g/mol. The Morgan fingerprint density at radius 3 is 0.787 bits per heavy atom. The van der Waals surface area contributed by atoms with Crippen LogP contribution in [0.15, 0.2) is 146 Å². The first-order chi connectivity index (χ1) is 52.7. The number of phosphoric acid groups is 2. The summed E-state index contributed by atoms with van der Waals surface area (Å²) in [6, 6.07) is 0. The highest BCUT2D eigenvalue weighted by atomic mass is 31.2. The van der Waals surface area contributed by atoms with E-state index < -0.39 is 97.5 Å². The third kappa shape index (κ3) is 79.0. The fourth-order valence-electron chi connectivity index (χ4n) is 10.9. The maximum absolute atomic E-state index is 13.1. The molecule has 0 bridgehead atoms. The van der Waals surface area contributed by atoms with Gasteiger partial charge in [0.1, 0.15) is 19.3 Å². The summed E-state index contributed by atoms with van der Waals surface area (Å²) in [5.74, 6) is -2.26. The number of esters is 4. The summed E-state index contributed by atoms with van der Waals surface area (Å²) in [6.07, 6.45) is 92.4. The summed E-state index contributed by atoms with van der Waals surface area (Å²) in [7, 11) is -9.99. The number of aliphatic hydroxyl groups is 1. The van der Waals surface area contributed by atoms with Crippen LogP contribution < -0.4 is 0 Å². The molecule has 0 fully saturated rings. The molecule has 17 nitrogen and oxygen atoms in total. The maximum Gasteiger partial charge on any atom is 0.472 e. The Kier molecular flexibility index (Phi) is 76.3. The molecule has 0 radical (unpaired) electrons. The van der Waals surface area contributed by atoms with Gasteiger partial charge in [0, 0.05) is 25.7 Å². The van der Waals surface area contributed by atoms with E-state index in [4.69, 9.17) is 37.0 Å². The second-order valence-electron chi connectivity index (χ2n) is 27.6. The summed E-state index contributed by atoms with van der Waals surface area (Å²) >= 11 is 0. The quantitative estimate of drug-likeness (QED) is 0.0169. The minimum atomic E-state index is -5.00. The van der Waals surface area contributed by atoms with Crippen molar-refractivity contribution in [3.63, 3.8) is 0 Å². The second-order valence-corrected chi connectivity index (χ2v) is 30.6. The minimum absolute atomic E-state index is 0.0350. The predicted octanol–water partition coefficient (Wildman–Crippen LogP) is 25.0. The Bertz CT molecular complexity index is 2610. The first-order valence-corrected chi connectivity index (χ1v) is 45.1. The van der Waals surface area contributed by atoms with E-state index in [0.29, 0.717) is 32.1 Å². The van der Waals surface area contributed by atoms with Crippen LogP contribution in [0.4, 0.5) is 0 Å². The summed E-state index contributed by atoms with van der Waals surface area (Å²) in [4.78, 5) is 73.2. The summed E-state index contributed by atoms with van der Waals surface area (Å²) in [5, 5.41) is 10.7. The van der Waals surface area contributed by atoms with Gasteiger partial charge in [0.25, 0.3) is 0 Å². The zero-order valence-electron chi connectivity index (χ0n) is 67.7. The normalized spacial score (nSPS) is 14.5. The van der Waals surface area contributed by atoms with Crippen LogP contribution in [0.25, 0.3) is 0 Å². The van der Waals surface area contributed by atoms with Gasteiger partial charge in [-0.25, -0.2) is 9.13 Å². The van der Waals surface area contributed by atoms with E-state index in [1.807, 2.05) is 0 Å². The lowest BCUT2D eigenvalue weighted by molar-refractivity contribution is -0.161. The number of ether oxygens (including phenoxy) is 4. The van der Waals surface area contributed by atoms with Crippen molar-refractivity contribution >= 4 is 39.5 Å². The lowest BCUT2D eigenvalue weighted by Crippen LogP contribution is -2.30. The Morgan fingerprint density at radius 1 is 0.269 bits per heavy atom. The number of phosphoric ester groups is 2. The number of rotatable bonds is 78. The van der Waals surface area contributed by atoms with Crippen molar-refractivity contribution in [3.05, 3.63) is 146 Å². The van der Waals surface area contributed by atoms with Gasteiger partial charge in [0.15, 0.2) is 12.2 Å². The first-order valence-electron chi connectivity index (χ1n) is 42.1. The van der Waals surface area contributed by atoms with E-state index >= 15 is 0 Å². The Balaban J connectivity index is 5.42. The molecule has 618 valence electrons. The molecule has 0 aromatic rings. The molecule has 3 N–H and O–H groups in total. The van der Waals surface area contributed by atoms with Crippen LogP contribution in [0.5, 0.6) is 0 Å². The van der Waals surface area contributed by atoms with Gasteiger partial charge in [-0.2, -0.15) is 0 Å². The van der Waals surface area contributed by atoms with Crippen molar-refractivity contribution in [3.8, 4) is 0 Å². The van der Waals surface area contributed by atoms with Crippen LogP contribution in [0, 0.1) is 0 Å². The lowest BCUT2D eigenvalue weighted by atomic mass is 10.1. The first kappa shape index (κ1) is 103. The van der Waals surface area contributed by atoms with Crippen molar-refractivity contribution in [1.82, 2.24) is 0 Å². The van der Waals surface area contributed by atoms with Gasteiger partial charge < -0.3 is 33.8 Å². The molecule has 0 aromatic heterocycles. The van der Waals surface area contributed by atoms with Gasteiger partial charge >= 0.3 is 39.5 Å². The van der Waals surface area contributed by atoms with Gasteiger partial charge in [-0.15, -0.1) is 0 Å². The van der Waals surface area contributed by atoms with Crippen molar-refractivity contribution in [2.45, 2.75) is 354 Å². The van der Waals surface area contributed by atoms with Gasteiger partial charge in [-0.1, -0.05) is 289 Å². The average Bonchev–Trinajstić information content (AvgIpc) is 0.923. The zero-order chi connectivity index (χ0) is 78.9. The fourth-order valence-corrected chi connectivity index (χ4v) is 12.5. The van der Waals surface area contributed by atoms with Crippen molar-refractivity contribution in [2.24, 2.45) is 0 Å². The number of carbonyl (C=O) groups excluding carboxylic acids is 4. The fraction of sp³-hybridized carbons (Fsp3) is 0.685. The SMILES string of the molecule is CC/C=C\C/C=C\C/C=C\C/C=C\CCCCCCCCC(=O)OCC(COP(=O)(O)OCC(O)COP(=O)(O)OCC(COC(=O)CCCCCCCC/C=C\C/C=C\C/C=C\CCCCC)OC(=O)CCCCCCC/C=C\CCCCCCCC)OC(=O)CCCC/C=C\C/C=C\C/C=C\C/C=C\CC. The van der Waals surface area contributed by atoms with Gasteiger partial charge in [0.05, 0.1) is 26.4 Å². The van der Waals surface area contributed by atoms with Crippen LogP contribution in [0.3, 0.4) is 0 Å². The third-order valence-electron chi connectivity index (χ3n) is 17.3. The largest absolute Gasteiger partial charge is 0.472 e. The molecule has 19 heteroatoms. The molecule has 0 saturated heterocycles.